The van der Waals surface area contributed by atoms with Gasteiger partial charge in [0.2, 0.25) is 0 Å². The average molecular weight is 999 g/mol. The number of rotatable bonds is 5. The van der Waals surface area contributed by atoms with Crippen LogP contribution in [0.25, 0.3) is 0 Å². The number of aliphatic hydroxyl groups is 2. The van der Waals surface area contributed by atoms with Crippen molar-refractivity contribution in [1.29, 1.82) is 0 Å². The molecule has 2 N–H and O–H groups in total. The van der Waals surface area contributed by atoms with Gasteiger partial charge in [0.1, 0.15) is 13.2 Å². The lowest BCUT2D eigenvalue weighted by molar-refractivity contribution is -0.428. The zero-order valence-corrected chi connectivity index (χ0v) is 37.3. The molecular weight excluding hydrogens is 947 g/mol. The predicted octanol–water partition coefficient (Wildman–Crippen LogP) is 11.2. The van der Waals surface area contributed by atoms with E-state index in [1.165, 1.54) is 0 Å². The SMILES string of the molecule is C[Si](C)(C)C.C[Si](C)(C)C.O=C(OC1(C(F)(F)C(F)(F)F)COC(O)(C(F)(F)F)C1(F)F)C1CCCCC1.O=C(OC1(C(F)(F)F)COC(O)(C(F)(F)F)C1(F)F)C1CCCCC1. The molecule has 63 heavy (non-hydrogen) atoms. The van der Waals surface area contributed by atoms with E-state index in [0.29, 0.717) is 38.5 Å². The summed E-state index contributed by atoms with van der Waals surface area (Å²) in [6.07, 6.45) is -23.0. The van der Waals surface area contributed by atoms with E-state index in [0.717, 1.165) is 0 Å². The van der Waals surface area contributed by atoms with Crippen LogP contribution in [0.15, 0.2) is 0 Å². The summed E-state index contributed by atoms with van der Waals surface area (Å²) in [7, 11) is -1.22. The van der Waals surface area contributed by atoms with E-state index >= 15 is 0 Å². The highest BCUT2D eigenvalue weighted by atomic mass is 28.3. The van der Waals surface area contributed by atoms with Crippen LogP contribution in [0.4, 0.5) is 79.0 Å². The van der Waals surface area contributed by atoms with Crippen LogP contribution < -0.4 is 0 Å². The molecule has 0 radical (unpaired) electrons. The number of hydrogen-bond donors (Lipinski definition) is 2. The Morgan fingerprint density at radius 2 is 0.746 bits per heavy atom. The first-order valence-corrected chi connectivity index (χ1v) is 27.2. The number of halogens is 18. The van der Waals surface area contributed by atoms with Crippen LogP contribution in [-0.2, 0) is 28.5 Å². The molecule has 4 rings (SSSR count). The molecule has 4 atom stereocenters. The van der Waals surface area contributed by atoms with Gasteiger partial charge in [0.15, 0.2) is 0 Å². The Bertz CT molecular complexity index is 1510. The maximum absolute atomic E-state index is 14.4. The number of carbonyl (C=O) groups excluding carboxylic acids is 2. The van der Waals surface area contributed by atoms with Gasteiger partial charge in [-0.1, -0.05) is 90.9 Å². The smallest absolute Gasteiger partial charge is 0.443 e. The largest absolute Gasteiger partial charge is 0.458 e. The van der Waals surface area contributed by atoms with Gasteiger partial charge >= 0.3 is 66.0 Å². The van der Waals surface area contributed by atoms with Gasteiger partial charge in [-0.2, -0.15) is 79.0 Å². The van der Waals surface area contributed by atoms with E-state index in [1.54, 1.807) is 0 Å². The highest BCUT2D eigenvalue weighted by Crippen LogP contribution is 2.63. The monoisotopic (exact) mass is 998 g/mol. The Morgan fingerprint density at radius 1 is 0.492 bits per heavy atom. The molecule has 2 saturated heterocycles. The second-order valence-electron chi connectivity index (χ2n) is 18.7. The summed E-state index contributed by atoms with van der Waals surface area (Å²) in [6, 6.07) is 0. The van der Waals surface area contributed by atoms with Crippen molar-refractivity contribution in [3.05, 3.63) is 0 Å². The summed E-state index contributed by atoms with van der Waals surface area (Å²) in [6.45, 7) is 13.5. The van der Waals surface area contributed by atoms with Crippen molar-refractivity contribution >= 4 is 28.1 Å². The molecule has 374 valence electrons. The molecule has 4 aliphatic rings. The van der Waals surface area contributed by atoms with Gasteiger partial charge < -0.3 is 29.2 Å². The summed E-state index contributed by atoms with van der Waals surface area (Å²) in [5.74, 6) is -36.3. The van der Waals surface area contributed by atoms with E-state index in [1.807, 2.05) is 0 Å². The minimum absolute atomic E-state index is 0.0722. The first-order valence-electron chi connectivity index (χ1n) is 19.2. The van der Waals surface area contributed by atoms with E-state index in [2.05, 4.69) is 71.3 Å². The number of ether oxygens (including phenoxy) is 4. The summed E-state index contributed by atoms with van der Waals surface area (Å²) in [5, 5.41) is 18.2. The molecule has 8 nitrogen and oxygen atoms in total. The zero-order chi connectivity index (χ0) is 50.1. The van der Waals surface area contributed by atoms with Crippen LogP contribution in [-0.4, -0.2) is 117 Å². The molecule has 0 spiro atoms. The van der Waals surface area contributed by atoms with Gasteiger partial charge in [-0.15, -0.1) is 0 Å². The lowest BCUT2D eigenvalue weighted by Gasteiger charge is -2.42. The molecule has 4 fully saturated rings. The van der Waals surface area contributed by atoms with Crippen molar-refractivity contribution in [3.63, 3.8) is 0 Å². The van der Waals surface area contributed by atoms with Crippen LogP contribution in [0.1, 0.15) is 64.2 Å². The van der Waals surface area contributed by atoms with Gasteiger partial charge in [-0.25, -0.2) is 0 Å². The standard InChI is InChI=1S/C14H14F10O4.C13H14F8O4.2C4H12Si/c15-10(16)9(11(17,18)13(19,20)21,6-27-12(10,26)14(22,23)24)28-8(25)7-4-2-1-3-5-7;14-10(15)9(12(16,17)18,6-24-11(10,23)13(19,20)21)25-8(22)7-4-2-1-3-5-7;2*1-5(2,3)4/h7,26H,1-6H2;7,23H,1-6H2;2*1-4H3. The fraction of sp³-hybridized carbons (Fsp3) is 0.943. The summed E-state index contributed by atoms with van der Waals surface area (Å²) >= 11 is 0. The third kappa shape index (κ3) is 12.5. The van der Waals surface area contributed by atoms with Crippen LogP contribution in [0, 0.1) is 11.8 Å². The van der Waals surface area contributed by atoms with Gasteiger partial charge in [0.25, 0.3) is 11.2 Å². The Kier molecular flexibility index (Phi) is 18.0. The second-order valence-corrected chi connectivity index (χ2v) is 30.7. The van der Waals surface area contributed by atoms with Gasteiger partial charge in [-0.3, -0.25) is 9.59 Å². The minimum atomic E-state index is -6.84. The molecule has 2 heterocycles. The highest BCUT2D eigenvalue weighted by molar-refractivity contribution is 6.75. The van der Waals surface area contributed by atoms with Gasteiger partial charge in [-0.05, 0) is 25.7 Å². The molecule has 0 amide bonds. The molecule has 0 aromatic heterocycles. The Labute approximate surface area is 352 Å². The predicted molar refractivity (Wildman–Crippen MR) is 190 cm³/mol. The maximum atomic E-state index is 14.4. The van der Waals surface area contributed by atoms with Crippen LogP contribution in [0.5, 0.6) is 0 Å². The van der Waals surface area contributed by atoms with Crippen molar-refractivity contribution in [1.82, 2.24) is 0 Å². The lowest BCUT2D eigenvalue weighted by atomic mass is 9.84. The molecule has 0 aromatic rings. The fourth-order valence-electron chi connectivity index (χ4n) is 6.11. The molecule has 2 aliphatic carbocycles. The van der Waals surface area contributed by atoms with Crippen molar-refractivity contribution in [2.75, 3.05) is 13.2 Å². The molecule has 2 saturated carbocycles. The number of alkyl halides is 18. The number of hydrogen-bond acceptors (Lipinski definition) is 8. The summed E-state index contributed by atoms with van der Waals surface area (Å²) < 4.78 is 254. The van der Waals surface area contributed by atoms with Crippen molar-refractivity contribution in [2.24, 2.45) is 11.8 Å². The number of carbonyl (C=O) groups is 2. The minimum Gasteiger partial charge on any atom is -0.443 e. The Morgan fingerprint density at radius 3 is 0.984 bits per heavy atom. The third-order valence-electron chi connectivity index (χ3n) is 9.35. The first kappa shape index (κ1) is 59.0. The fourth-order valence-corrected chi connectivity index (χ4v) is 6.11. The molecular formula is C35H52F18O8Si2. The lowest BCUT2D eigenvalue weighted by Crippen LogP contribution is -2.73. The first-order chi connectivity index (χ1) is 27.6. The van der Waals surface area contributed by atoms with Crippen LogP contribution in [0.2, 0.25) is 52.4 Å². The molecule has 28 heteroatoms. The van der Waals surface area contributed by atoms with Gasteiger partial charge in [0, 0.05) is 16.1 Å². The average Bonchev–Trinajstić information content (AvgIpc) is 3.43. The second kappa shape index (κ2) is 19.3. The van der Waals surface area contributed by atoms with Crippen LogP contribution >= 0.6 is 0 Å². The zero-order valence-electron chi connectivity index (χ0n) is 35.3. The van der Waals surface area contributed by atoms with E-state index in [4.69, 9.17) is 10.2 Å². The van der Waals surface area contributed by atoms with Crippen molar-refractivity contribution in [3.8, 4) is 0 Å². The Balaban J connectivity index is 0.000000520. The highest BCUT2D eigenvalue weighted by Gasteiger charge is 2.94. The summed E-state index contributed by atoms with van der Waals surface area (Å²) in [4.78, 5) is 23.9. The quantitative estimate of drug-likeness (QED) is 0.159. The molecule has 0 aromatic carbocycles. The van der Waals surface area contributed by atoms with E-state index in [-0.39, 0.29) is 25.7 Å². The van der Waals surface area contributed by atoms with Crippen LogP contribution in [0.3, 0.4) is 0 Å². The van der Waals surface area contributed by atoms with Crippen molar-refractivity contribution < 1.29 is 118 Å². The maximum Gasteiger partial charge on any atom is 0.458 e. The topological polar surface area (TPSA) is 112 Å². The van der Waals surface area contributed by atoms with E-state index in [9.17, 15) is 88.6 Å². The van der Waals surface area contributed by atoms with Crippen molar-refractivity contribution in [2.45, 2.75) is 182 Å². The summed E-state index contributed by atoms with van der Waals surface area (Å²) in [5.41, 5.74) is -10.4. The number of esters is 2. The molecule has 2 aliphatic heterocycles. The third-order valence-corrected chi connectivity index (χ3v) is 9.35. The molecule has 4 unspecified atom stereocenters. The van der Waals surface area contributed by atoms with E-state index < -0.39 is 118 Å². The Hall–Kier alpha value is -2.05. The normalized spacial score (nSPS) is 29.8. The molecule has 0 bridgehead atoms. The van der Waals surface area contributed by atoms with Gasteiger partial charge in [0.05, 0.1) is 11.8 Å².